The molecule has 1 N–H and O–H groups in total. The molecule has 2 aromatic rings. The van der Waals surface area contributed by atoms with Crippen LogP contribution in [0.15, 0.2) is 46.2 Å². The molecule has 0 radical (unpaired) electrons. The summed E-state index contributed by atoms with van der Waals surface area (Å²) in [5, 5.41) is 0. The zero-order valence-electron chi connectivity index (χ0n) is 15.9. The molecule has 2 aromatic carbocycles. The maximum atomic E-state index is 11.2. The third kappa shape index (κ3) is 5.06. The molecule has 0 saturated heterocycles. The average Bonchev–Trinajstić information content (AvgIpc) is 2.61. The minimum absolute atomic E-state index is 0.218. The molecule has 0 fully saturated rings. The van der Waals surface area contributed by atoms with Crippen molar-refractivity contribution in [3.05, 3.63) is 47.5 Å². The van der Waals surface area contributed by atoms with Crippen molar-refractivity contribution in [3.63, 3.8) is 0 Å². The lowest BCUT2D eigenvalue weighted by Crippen LogP contribution is -2.24. The van der Waals surface area contributed by atoms with E-state index < -0.39 is 10.1 Å². The zero-order chi connectivity index (χ0) is 19.4. The minimum Gasteiger partial charge on any atom is -0.340 e. The molecule has 0 spiro atoms. The van der Waals surface area contributed by atoms with Gasteiger partial charge in [0.15, 0.2) is 0 Å². The average molecular weight is 406 g/mol. The van der Waals surface area contributed by atoms with Gasteiger partial charge in [-0.05, 0) is 54.7 Å². The quantitative estimate of drug-likeness (QED) is 0.590. The SMILES string of the molecule is CCCc1ccc2c(c1)Sc1ccc(CCC)cc1N2CCCS(=O)(=O)O. The normalized spacial score (nSPS) is 13.4. The highest BCUT2D eigenvalue weighted by Gasteiger charge is 2.24. The number of fused-ring (bicyclic) bond motifs is 2. The maximum Gasteiger partial charge on any atom is 0.264 e. The van der Waals surface area contributed by atoms with E-state index in [2.05, 4.69) is 55.1 Å². The van der Waals surface area contributed by atoms with Gasteiger partial charge in [0.05, 0.1) is 17.1 Å². The lowest BCUT2D eigenvalue weighted by atomic mass is 10.1. The van der Waals surface area contributed by atoms with Crippen molar-refractivity contribution in [2.75, 3.05) is 17.2 Å². The van der Waals surface area contributed by atoms with Crippen molar-refractivity contribution < 1.29 is 13.0 Å². The lowest BCUT2D eigenvalue weighted by molar-refractivity contribution is 0.481. The summed E-state index contributed by atoms with van der Waals surface area (Å²) in [6.45, 7) is 4.91. The number of nitrogens with zero attached hydrogens (tertiary/aromatic N) is 1. The van der Waals surface area contributed by atoms with Crippen molar-refractivity contribution in [2.45, 2.75) is 55.7 Å². The van der Waals surface area contributed by atoms with Crippen molar-refractivity contribution in [3.8, 4) is 0 Å². The molecule has 0 saturated carbocycles. The minimum atomic E-state index is -3.94. The number of benzene rings is 2. The zero-order valence-corrected chi connectivity index (χ0v) is 17.6. The van der Waals surface area contributed by atoms with Crippen LogP contribution in [0, 0.1) is 0 Å². The number of rotatable bonds is 8. The summed E-state index contributed by atoms with van der Waals surface area (Å²) in [7, 11) is -3.94. The van der Waals surface area contributed by atoms with Gasteiger partial charge >= 0.3 is 0 Å². The van der Waals surface area contributed by atoms with Gasteiger partial charge in [-0.2, -0.15) is 8.42 Å². The highest BCUT2D eigenvalue weighted by molar-refractivity contribution is 7.99. The smallest absolute Gasteiger partial charge is 0.264 e. The van der Waals surface area contributed by atoms with E-state index in [4.69, 9.17) is 4.55 Å². The summed E-state index contributed by atoms with van der Waals surface area (Å²) in [6, 6.07) is 13.2. The summed E-state index contributed by atoms with van der Waals surface area (Å²) >= 11 is 1.78. The Bertz CT molecular complexity index is 910. The van der Waals surface area contributed by atoms with Crippen LogP contribution < -0.4 is 4.90 Å². The molecule has 1 heterocycles. The van der Waals surface area contributed by atoms with Crippen molar-refractivity contribution in [1.29, 1.82) is 0 Å². The van der Waals surface area contributed by atoms with Crippen LogP contribution >= 0.6 is 11.8 Å². The van der Waals surface area contributed by atoms with Crippen LogP contribution in [0.1, 0.15) is 44.2 Å². The number of aryl methyl sites for hydroxylation is 2. The van der Waals surface area contributed by atoms with Gasteiger partial charge in [-0.1, -0.05) is 50.6 Å². The van der Waals surface area contributed by atoms with Crippen LogP contribution in [0.25, 0.3) is 0 Å². The number of hydrogen-bond acceptors (Lipinski definition) is 4. The van der Waals surface area contributed by atoms with Crippen LogP contribution in [0.3, 0.4) is 0 Å². The summed E-state index contributed by atoms with van der Waals surface area (Å²) in [5.41, 5.74) is 4.88. The summed E-state index contributed by atoms with van der Waals surface area (Å²) in [5.74, 6) is -0.218. The van der Waals surface area contributed by atoms with E-state index in [0.717, 1.165) is 37.1 Å². The summed E-state index contributed by atoms with van der Waals surface area (Å²) < 4.78 is 31.4. The van der Waals surface area contributed by atoms with Crippen molar-refractivity contribution in [2.24, 2.45) is 0 Å². The maximum absolute atomic E-state index is 11.2. The largest absolute Gasteiger partial charge is 0.340 e. The molecule has 3 rings (SSSR count). The molecule has 0 aromatic heterocycles. The predicted molar refractivity (Wildman–Crippen MR) is 113 cm³/mol. The van der Waals surface area contributed by atoms with Gasteiger partial charge in [-0.3, -0.25) is 4.55 Å². The van der Waals surface area contributed by atoms with Gasteiger partial charge in [0, 0.05) is 16.3 Å². The fourth-order valence-electron chi connectivity index (χ4n) is 3.51. The Hall–Kier alpha value is -1.50. The first-order chi connectivity index (χ1) is 12.9. The fourth-order valence-corrected chi connectivity index (χ4v) is 5.14. The van der Waals surface area contributed by atoms with E-state index in [-0.39, 0.29) is 5.75 Å². The molecule has 0 amide bonds. The van der Waals surface area contributed by atoms with Crippen molar-refractivity contribution >= 4 is 33.3 Å². The molecule has 27 heavy (non-hydrogen) atoms. The van der Waals surface area contributed by atoms with E-state index in [1.807, 2.05) is 0 Å². The topological polar surface area (TPSA) is 57.6 Å². The molecule has 0 unspecified atom stereocenters. The Kier molecular flexibility index (Phi) is 6.50. The van der Waals surface area contributed by atoms with E-state index in [1.54, 1.807) is 11.8 Å². The van der Waals surface area contributed by atoms with Crippen LogP contribution in [-0.4, -0.2) is 25.3 Å². The van der Waals surface area contributed by atoms with Gasteiger partial charge in [0.1, 0.15) is 0 Å². The highest BCUT2D eigenvalue weighted by Crippen LogP contribution is 2.48. The Morgan fingerprint density at radius 2 is 1.59 bits per heavy atom. The van der Waals surface area contributed by atoms with E-state index >= 15 is 0 Å². The first-order valence-corrected chi connectivity index (χ1v) is 12.0. The van der Waals surface area contributed by atoms with Gasteiger partial charge in [-0.25, -0.2) is 0 Å². The third-order valence-electron chi connectivity index (χ3n) is 4.71. The second kappa shape index (κ2) is 8.67. The van der Waals surface area contributed by atoms with Gasteiger partial charge in [0.25, 0.3) is 10.1 Å². The molecule has 6 heteroatoms. The van der Waals surface area contributed by atoms with Crippen LogP contribution in [0.5, 0.6) is 0 Å². The summed E-state index contributed by atoms with van der Waals surface area (Å²) in [6.07, 6.45) is 4.67. The van der Waals surface area contributed by atoms with Gasteiger partial charge in [0.2, 0.25) is 0 Å². The lowest BCUT2D eigenvalue weighted by Gasteiger charge is -2.33. The first-order valence-electron chi connectivity index (χ1n) is 9.57. The second-order valence-electron chi connectivity index (χ2n) is 7.00. The van der Waals surface area contributed by atoms with E-state index in [0.29, 0.717) is 13.0 Å². The molecule has 0 atom stereocenters. The highest BCUT2D eigenvalue weighted by atomic mass is 32.2. The first kappa shape index (κ1) is 20.2. The molecular formula is C21H27NO3S2. The molecule has 4 nitrogen and oxygen atoms in total. The fraction of sp³-hybridized carbons (Fsp3) is 0.429. The Balaban J connectivity index is 1.96. The monoisotopic (exact) mass is 405 g/mol. The van der Waals surface area contributed by atoms with Gasteiger partial charge < -0.3 is 4.90 Å². The van der Waals surface area contributed by atoms with E-state index in [9.17, 15) is 8.42 Å². The Morgan fingerprint density at radius 1 is 0.926 bits per heavy atom. The second-order valence-corrected chi connectivity index (χ2v) is 9.65. The number of anilines is 2. The standard InChI is InChI=1S/C21H27NO3S2/c1-3-6-16-9-11-20-19(14-16)22(12-5-13-27(23,24)25)18-10-8-17(7-4-2)15-21(18)26-20/h8-11,14-15H,3-7,12-13H2,1-2H3,(H,23,24,25). The number of hydrogen-bond donors (Lipinski definition) is 1. The molecule has 0 bridgehead atoms. The molecular weight excluding hydrogens is 378 g/mol. The molecule has 1 aliphatic heterocycles. The third-order valence-corrected chi connectivity index (χ3v) is 6.63. The molecule has 146 valence electrons. The Labute approximate surface area is 166 Å². The van der Waals surface area contributed by atoms with Gasteiger partial charge in [-0.15, -0.1) is 0 Å². The van der Waals surface area contributed by atoms with Crippen LogP contribution in [-0.2, 0) is 23.0 Å². The predicted octanol–water partition coefficient (Wildman–Crippen LogP) is 5.47. The van der Waals surface area contributed by atoms with Crippen molar-refractivity contribution in [1.82, 2.24) is 0 Å². The Morgan fingerprint density at radius 3 is 2.26 bits per heavy atom. The molecule has 1 aliphatic rings. The summed E-state index contributed by atoms with van der Waals surface area (Å²) in [4.78, 5) is 4.62. The van der Waals surface area contributed by atoms with Crippen LogP contribution in [0.4, 0.5) is 11.4 Å². The molecule has 0 aliphatic carbocycles. The van der Waals surface area contributed by atoms with E-state index in [1.165, 1.54) is 20.9 Å². The van der Waals surface area contributed by atoms with Crippen LogP contribution in [0.2, 0.25) is 0 Å².